The van der Waals surface area contributed by atoms with E-state index in [9.17, 15) is 0 Å². The molecule has 0 radical (unpaired) electrons. The first-order valence-corrected chi connectivity index (χ1v) is 6.38. The standard InChI is InChI=1S/C10H17N3OS/c1-15-10(13-7-11)12-5-8-3-2-4-9(8)6-14/h8-9,14H,2-6H2,1H3,(H,12,13). The second-order valence-corrected chi connectivity index (χ2v) is 4.52. The molecule has 1 saturated carbocycles. The zero-order valence-corrected chi connectivity index (χ0v) is 9.76. The molecule has 1 fully saturated rings. The number of hydrogen-bond acceptors (Lipinski definition) is 4. The van der Waals surface area contributed by atoms with E-state index >= 15 is 0 Å². The molecule has 4 nitrogen and oxygen atoms in total. The molecule has 0 heterocycles. The highest BCUT2D eigenvalue weighted by atomic mass is 32.2. The zero-order chi connectivity index (χ0) is 11.1. The molecule has 1 rings (SSSR count). The lowest BCUT2D eigenvalue weighted by molar-refractivity contribution is 0.197. The summed E-state index contributed by atoms with van der Waals surface area (Å²) in [6.07, 6.45) is 7.19. The fourth-order valence-electron chi connectivity index (χ4n) is 2.00. The van der Waals surface area contributed by atoms with Crippen LogP contribution >= 0.6 is 11.8 Å². The molecule has 0 aliphatic heterocycles. The van der Waals surface area contributed by atoms with Crippen LogP contribution < -0.4 is 5.32 Å². The van der Waals surface area contributed by atoms with Crippen LogP contribution in [0, 0.1) is 23.3 Å². The summed E-state index contributed by atoms with van der Waals surface area (Å²) in [4.78, 5) is 4.35. The van der Waals surface area contributed by atoms with Crippen LogP contribution in [0.25, 0.3) is 0 Å². The summed E-state index contributed by atoms with van der Waals surface area (Å²) in [5.74, 6) is 0.886. The quantitative estimate of drug-likeness (QED) is 0.329. The Balaban J connectivity index is 2.43. The number of hydrogen-bond donors (Lipinski definition) is 2. The van der Waals surface area contributed by atoms with Crippen molar-refractivity contribution in [2.75, 3.05) is 19.4 Å². The smallest absolute Gasteiger partial charge is 0.183 e. The maximum atomic E-state index is 9.14. The number of amidine groups is 1. The van der Waals surface area contributed by atoms with Gasteiger partial charge in [-0.2, -0.15) is 5.26 Å². The molecular weight excluding hydrogens is 210 g/mol. The lowest BCUT2D eigenvalue weighted by atomic mass is 9.97. The third kappa shape index (κ3) is 3.73. The Morgan fingerprint density at radius 2 is 2.33 bits per heavy atom. The van der Waals surface area contributed by atoms with Crippen molar-refractivity contribution in [3.8, 4) is 6.19 Å². The SMILES string of the molecule is CSC(=NCC1CCCC1CO)NC#N. The van der Waals surface area contributed by atoms with E-state index in [1.165, 1.54) is 18.2 Å². The third-order valence-electron chi connectivity index (χ3n) is 2.88. The van der Waals surface area contributed by atoms with Crippen LogP contribution in [0.4, 0.5) is 0 Å². The molecule has 2 unspecified atom stereocenters. The van der Waals surface area contributed by atoms with Crippen molar-refractivity contribution in [2.45, 2.75) is 19.3 Å². The second kappa shape index (κ2) is 6.70. The molecular formula is C10H17N3OS. The molecule has 0 bridgehead atoms. The fourth-order valence-corrected chi connectivity index (χ4v) is 2.35. The summed E-state index contributed by atoms with van der Waals surface area (Å²) in [7, 11) is 0. The molecule has 0 aromatic heterocycles. The summed E-state index contributed by atoms with van der Waals surface area (Å²) in [6.45, 7) is 0.983. The van der Waals surface area contributed by atoms with Crippen LogP contribution in [0.5, 0.6) is 0 Å². The van der Waals surface area contributed by atoms with Gasteiger partial charge in [-0.15, -0.1) is 0 Å². The van der Waals surface area contributed by atoms with E-state index in [4.69, 9.17) is 10.4 Å². The monoisotopic (exact) mass is 227 g/mol. The van der Waals surface area contributed by atoms with Crippen LogP contribution in [0.15, 0.2) is 4.99 Å². The topological polar surface area (TPSA) is 68.4 Å². The van der Waals surface area contributed by atoms with E-state index in [-0.39, 0.29) is 6.61 Å². The van der Waals surface area contributed by atoms with E-state index in [1.807, 2.05) is 12.4 Å². The molecule has 1 aliphatic rings. The van der Waals surface area contributed by atoms with Crippen molar-refractivity contribution in [1.29, 1.82) is 5.26 Å². The maximum absolute atomic E-state index is 9.14. The van der Waals surface area contributed by atoms with E-state index in [2.05, 4.69) is 10.3 Å². The normalized spacial score (nSPS) is 26.3. The van der Waals surface area contributed by atoms with Gasteiger partial charge in [-0.3, -0.25) is 10.3 Å². The highest BCUT2D eigenvalue weighted by molar-refractivity contribution is 8.13. The molecule has 0 spiro atoms. The van der Waals surface area contributed by atoms with Gasteiger partial charge in [0.05, 0.1) is 0 Å². The van der Waals surface area contributed by atoms with Gasteiger partial charge in [-0.1, -0.05) is 18.2 Å². The second-order valence-electron chi connectivity index (χ2n) is 3.72. The van der Waals surface area contributed by atoms with Gasteiger partial charge in [0.15, 0.2) is 11.4 Å². The number of aliphatic hydroxyl groups excluding tert-OH is 1. The Morgan fingerprint density at radius 1 is 1.60 bits per heavy atom. The maximum Gasteiger partial charge on any atom is 0.183 e. The Morgan fingerprint density at radius 3 is 2.93 bits per heavy atom. The van der Waals surface area contributed by atoms with Crippen molar-refractivity contribution >= 4 is 16.9 Å². The average Bonchev–Trinajstić information content (AvgIpc) is 2.71. The predicted molar refractivity (Wildman–Crippen MR) is 62.5 cm³/mol. The van der Waals surface area contributed by atoms with Crippen LogP contribution in [0.1, 0.15) is 19.3 Å². The molecule has 15 heavy (non-hydrogen) atoms. The Bertz CT molecular complexity index is 262. The molecule has 0 saturated heterocycles. The highest BCUT2D eigenvalue weighted by Crippen LogP contribution is 2.31. The fraction of sp³-hybridized carbons (Fsp3) is 0.800. The lowest BCUT2D eigenvalue weighted by Crippen LogP contribution is -2.19. The van der Waals surface area contributed by atoms with E-state index in [1.54, 1.807) is 0 Å². The first-order chi connectivity index (χ1) is 7.31. The predicted octanol–water partition coefficient (Wildman–Crippen LogP) is 1.18. The third-order valence-corrected chi connectivity index (χ3v) is 3.49. The first-order valence-electron chi connectivity index (χ1n) is 5.16. The number of aliphatic hydroxyl groups is 1. The summed E-state index contributed by atoms with van der Waals surface area (Å²) < 4.78 is 0. The zero-order valence-electron chi connectivity index (χ0n) is 8.94. The number of nitrogens with one attached hydrogen (secondary N) is 1. The number of aliphatic imine (C=N–C) groups is 1. The first kappa shape index (κ1) is 12.3. The molecule has 0 aromatic carbocycles. The highest BCUT2D eigenvalue weighted by Gasteiger charge is 2.26. The van der Waals surface area contributed by atoms with Gasteiger partial charge < -0.3 is 5.11 Å². The van der Waals surface area contributed by atoms with Crippen molar-refractivity contribution in [1.82, 2.24) is 5.32 Å². The molecule has 5 heteroatoms. The van der Waals surface area contributed by atoms with Crippen LogP contribution in [-0.4, -0.2) is 29.7 Å². The van der Waals surface area contributed by atoms with E-state index < -0.39 is 0 Å². The van der Waals surface area contributed by atoms with Gasteiger partial charge in [-0.25, -0.2) is 0 Å². The van der Waals surface area contributed by atoms with Crippen molar-refractivity contribution < 1.29 is 5.11 Å². The van der Waals surface area contributed by atoms with Crippen molar-refractivity contribution in [2.24, 2.45) is 16.8 Å². The van der Waals surface area contributed by atoms with E-state index in [0.29, 0.717) is 17.0 Å². The minimum Gasteiger partial charge on any atom is -0.396 e. The van der Waals surface area contributed by atoms with Gasteiger partial charge >= 0.3 is 0 Å². The average molecular weight is 227 g/mol. The molecule has 84 valence electrons. The Hall–Kier alpha value is -0.730. The van der Waals surface area contributed by atoms with Crippen LogP contribution in [-0.2, 0) is 0 Å². The largest absolute Gasteiger partial charge is 0.396 e. The van der Waals surface area contributed by atoms with Crippen LogP contribution in [0.2, 0.25) is 0 Å². The van der Waals surface area contributed by atoms with Gasteiger partial charge in [-0.05, 0) is 30.9 Å². The van der Waals surface area contributed by atoms with Gasteiger partial charge in [0.1, 0.15) is 0 Å². The lowest BCUT2D eigenvalue weighted by Gasteiger charge is -2.14. The van der Waals surface area contributed by atoms with Crippen LogP contribution in [0.3, 0.4) is 0 Å². The summed E-state index contributed by atoms with van der Waals surface area (Å²) in [6, 6.07) is 0. The summed E-state index contributed by atoms with van der Waals surface area (Å²) in [5.41, 5.74) is 0. The summed E-state index contributed by atoms with van der Waals surface area (Å²) in [5, 5.41) is 20.8. The minimum atomic E-state index is 0.264. The molecule has 0 aromatic rings. The molecule has 0 amide bonds. The van der Waals surface area contributed by atoms with Gasteiger partial charge in [0.2, 0.25) is 0 Å². The van der Waals surface area contributed by atoms with Gasteiger partial charge in [0, 0.05) is 13.2 Å². The Labute approximate surface area is 94.8 Å². The molecule has 1 aliphatic carbocycles. The van der Waals surface area contributed by atoms with Gasteiger partial charge in [0.25, 0.3) is 0 Å². The van der Waals surface area contributed by atoms with Crippen molar-refractivity contribution in [3.63, 3.8) is 0 Å². The van der Waals surface area contributed by atoms with Crippen molar-refractivity contribution in [3.05, 3.63) is 0 Å². The number of thioether (sulfide) groups is 1. The number of nitrogens with zero attached hydrogens (tertiary/aromatic N) is 2. The Kier molecular flexibility index (Phi) is 5.51. The molecule has 2 atom stereocenters. The number of rotatable bonds is 3. The number of nitriles is 1. The van der Waals surface area contributed by atoms with E-state index in [0.717, 1.165) is 19.4 Å². The molecule has 2 N–H and O–H groups in total. The minimum absolute atomic E-state index is 0.264. The summed E-state index contributed by atoms with van der Waals surface area (Å²) >= 11 is 1.44.